The molecule has 4 rings (SSSR count). The van der Waals surface area contributed by atoms with Crippen molar-refractivity contribution >= 4 is 40.0 Å². The van der Waals surface area contributed by atoms with E-state index in [1.54, 1.807) is 25.1 Å². The van der Waals surface area contributed by atoms with E-state index in [9.17, 15) is 23.6 Å². The molecule has 0 bridgehead atoms. The molecule has 3 heterocycles. The summed E-state index contributed by atoms with van der Waals surface area (Å²) in [5.74, 6) is -1.86. The highest BCUT2D eigenvalue weighted by atomic mass is 19.1. The van der Waals surface area contributed by atoms with Gasteiger partial charge in [-0.1, -0.05) is 12.6 Å². The number of nitrogens with two attached hydrogens (primary N) is 1. The van der Waals surface area contributed by atoms with Crippen LogP contribution < -0.4 is 16.5 Å². The first kappa shape index (κ1) is 26.1. The number of carbonyl (C=O) groups excluding carboxylic acids is 3. The van der Waals surface area contributed by atoms with Gasteiger partial charge in [-0.05, 0) is 30.2 Å². The van der Waals surface area contributed by atoms with Crippen molar-refractivity contribution in [1.82, 2.24) is 19.7 Å². The van der Waals surface area contributed by atoms with Gasteiger partial charge in [0.2, 0.25) is 11.8 Å². The van der Waals surface area contributed by atoms with Crippen LogP contribution in [-0.2, 0) is 16.1 Å². The van der Waals surface area contributed by atoms with Crippen LogP contribution in [0, 0.1) is 0 Å². The van der Waals surface area contributed by atoms with E-state index in [4.69, 9.17) is 5.73 Å². The maximum Gasteiger partial charge on any atom is 0.269 e. The van der Waals surface area contributed by atoms with E-state index in [-0.39, 0.29) is 36.5 Å². The minimum atomic E-state index is -1.41. The van der Waals surface area contributed by atoms with Gasteiger partial charge in [0, 0.05) is 36.3 Å². The topological polar surface area (TPSA) is 168 Å². The molecule has 38 heavy (non-hydrogen) atoms. The number of primary amides is 1. The molecular formula is C25H25FN8O4. The number of amides is 3. The third-order valence-corrected chi connectivity index (χ3v) is 6.03. The average molecular weight is 521 g/mol. The fourth-order valence-electron chi connectivity index (χ4n) is 4.23. The number of halogens is 1. The van der Waals surface area contributed by atoms with Crippen LogP contribution in [0.1, 0.15) is 29.4 Å². The number of pyridine rings is 1. The number of hydrogen-bond acceptors (Lipinski definition) is 7. The molecule has 0 aliphatic carbocycles. The molecule has 13 heteroatoms. The molecule has 12 nitrogen and oxygen atoms in total. The van der Waals surface area contributed by atoms with Gasteiger partial charge in [0.1, 0.15) is 24.6 Å². The lowest BCUT2D eigenvalue weighted by Gasteiger charge is -2.23. The van der Waals surface area contributed by atoms with Crippen LogP contribution >= 0.6 is 0 Å². The Morgan fingerprint density at radius 3 is 2.79 bits per heavy atom. The van der Waals surface area contributed by atoms with Crippen LogP contribution in [0.5, 0.6) is 0 Å². The number of aromatic nitrogens is 3. The molecule has 2 unspecified atom stereocenters. The fourth-order valence-corrected chi connectivity index (χ4v) is 4.23. The molecule has 2 atom stereocenters. The number of carbonyl (C=O) groups is 3. The van der Waals surface area contributed by atoms with Crippen LogP contribution in [-0.4, -0.2) is 56.1 Å². The van der Waals surface area contributed by atoms with Gasteiger partial charge in [0.15, 0.2) is 11.1 Å². The molecule has 0 saturated carbocycles. The number of nitrogens with zero attached hydrogens (tertiary/aromatic N) is 5. The number of likely N-dealkylation sites (tertiary alicyclic amines) is 1. The molecular weight excluding hydrogens is 495 g/mol. The minimum Gasteiger partial charge on any atom is -0.364 e. The number of azo groups is 1. The number of benzene rings is 1. The third-order valence-electron chi connectivity index (χ3n) is 6.03. The van der Waals surface area contributed by atoms with E-state index in [2.05, 4.69) is 32.2 Å². The maximum atomic E-state index is 14.3. The second-order valence-corrected chi connectivity index (χ2v) is 8.65. The molecule has 0 radical (unpaired) electrons. The quantitative estimate of drug-likeness (QED) is 0.387. The zero-order valence-corrected chi connectivity index (χ0v) is 20.4. The van der Waals surface area contributed by atoms with E-state index in [0.717, 1.165) is 16.0 Å². The second kappa shape index (κ2) is 11.0. The first-order valence-electron chi connectivity index (χ1n) is 11.6. The van der Waals surface area contributed by atoms with Crippen molar-refractivity contribution in [2.75, 3.05) is 11.9 Å². The lowest BCUT2D eigenvalue weighted by molar-refractivity contribution is -0.137. The van der Waals surface area contributed by atoms with E-state index >= 15 is 0 Å². The highest BCUT2D eigenvalue weighted by molar-refractivity contribution is 6.05. The molecule has 1 aliphatic rings. The summed E-state index contributed by atoms with van der Waals surface area (Å²) in [6.07, 6.45) is 2.58. The van der Waals surface area contributed by atoms with Gasteiger partial charge < -0.3 is 20.9 Å². The van der Waals surface area contributed by atoms with Gasteiger partial charge in [-0.2, -0.15) is 15.3 Å². The summed E-state index contributed by atoms with van der Waals surface area (Å²) in [4.78, 5) is 53.6. The zero-order valence-electron chi connectivity index (χ0n) is 20.4. The van der Waals surface area contributed by atoms with Crippen molar-refractivity contribution in [3.63, 3.8) is 0 Å². The van der Waals surface area contributed by atoms with E-state index in [1.807, 2.05) is 0 Å². The Kier molecular flexibility index (Phi) is 7.55. The summed E-state index contributed by atoms with van der Waals surface area (Å²) in [5, 5.41) is 14.7. The largest absolute Gasteiger partial charge is 0.364 e. The van der Waals surface area contributed by atoms with Gasteiger partial charge >= 0.3 is 0 Å². The lowest BCUT2D eigenvalue weighted by Crippen LogP contribution is -2.44. The summed E-state index contributed by atoms with van der Waals surface area (Å²) in [7, 11) is 0. The standard InChI is InChI=1S/C25H25FN8O4/c1-3-29-30-11-14(2)15-4-5-19-18(8-15)23(24(27)37)32-34(19)13-22(36)33-12-16(26)9-20(33)25(38)31-21-10-17(35)6-7-28-21/h3-8,10-11,16,20H,1,9,12-13H2,2H3,(H2,27,37)(H2,28,31,35,38)/b14-11+,30-29?. The zero-order chi connectivity index (χ0) is 27.4. The van der Waals surface area contributed by atoms with Crippen molar-refractivity contribution in [1.29, 1.82) is 0 Å². The number of alkyl halides is 1. The molecule has 1 aliphatic heterocycles. The number of fused-ring (bicyclic) bond motifs is 1. The summed E-state index contributed by atoms with van der Waals surface area (Å²) in [6, 6.07) is 6.50. The number of H-pyrrole nitrogens is 1. The van der Waals surface area contributed by atoms with Gasteiger partial charge in [-0.15, -0.1) is 0 Å². The Balaban J connectivity index is 1.59. The van der Waals surface area contributed by atoms with Crippen molar-refractivity contribution in [2.45, 2.75) is 32.1 Å². The molecule has 1 aromatic carbocycles. The SMILES string of the molecule is C=CN=N/C=C(\C)c1ccc2c(c1)c(C(N)=O)nn2CC(=O)N1CC(F)CC1C(=O)Nc1cc(=O)cc[nH]1. The fraction of sp³-hybridized carbons (Fsp3) is 0.240. The van der Waals surface area contributed by atoms with Crippen LogP contribution in [0.3, 0.4) is 0 Å². The maximum absolute atomic E-state index is 14.3. The Bertz CT molecular complexity index is 1540. The number of allylic oxidation sites excluding steroid dienone is 1. The summed E-state index contributed by atoms with van der Waals surface area (Å²) in [6.45, 7) is 4.63. The molecule has 4 N–H and O–H groups in total. The Morgan fingerprint density at radius 1 is 1.29 bits per heavy atom. The molecule has 0 spiro atoms. The Labute approximate surface area is 215 Å². The average Bonchev–Trinajstić information content (AvgIpc) is 3.44. The Morgan fingerprint density at radius 2 is 2.08 bits per heavy atom. The summed E-state index contributed by atoms with van der Waals surface area (Å²) >= 11 is 0. The predicted octanol–water partition coefficient (Wildman–Crippen LogP) is 2.36. The van der Waals surface area contributed by atoms with Crippen LogP contribution in [0.2, 0.25) is 0 Å². The first-order chi connectivity index (χ1) is 18.2. The van der Waals surface area contributed by atoms with Gasteiger partial charge in [0.05, 0.1) is 18.3 Å². The van der Waals surface area contributed by atoms with E-state index < -0.39 is 29.9 Å². The number of rotatable bonds is 8. The third kappa shape index (κ3) is 5.56. The number of anilines is 1. The van der Waals surface area contributed by atoms with Crippen LogP contribution in [0.25, 0.3) is 16.5 Å². The minimum absolute atomic E-state index is 0.0396. The first-order valence-corrected chi connectivity index (χ1v) is 11.6. The van der Waals surface area contributed by atoms with Gasteiger partial charge in [-0.3, -0.25) is 23.9 Å². The number of aromatic amines is 1. The summed E-state index contributed by atoms with van der Waals surface area (Å²) in [5.41, 5.74) is 7.10. The predicted molar refractivity (Wildman–Crippen MR) is 138 cm³/mol. The van der Waals surface area contributed by atoms with Gasteiger partial charge in [0.25, 0.3) is 5.91 Å². The molecule has 196 valence electrons. The van der Waals surface area contributed by atoms with Crippen molar-refractivity contribution in [3.05, 3.63) is 77.0 Å². The van der Waals surface area contributed by atoms with Crippen molar-refractivity contribution in [3.8, 4) is 0 Å². The second-order valence-electron chi connectivity index (χ2n) is 8.65. The van der Waals surface area contributed by atoms with E-state index in [0.29, 0.717) is 10.9 Å². The number of nitrogens with one attached hydrogen (secondary N) is 2. The molecule has 1 saturated heterocycles. The Hall–Kier alpha value is -4.94. The van der Waals surface area contributed by atoms with E-state index in [1.165, 1.54) is 35.4 Å². The van der Waals surface area contributed by atoms with Crippen molar-refractivity contribution in [2.24, 2.45) is 16.0 Å². The van der Waals surface area contributed by atoms with Crippen LogP contribution in [0.4, 0.5) is 10.2 Å². The summed E-state index contributed by atoms with van der Waals surface area (Å²) < 4.78 is 15.6. The van der Waals surface area contributed by atoms with Crippen molar-refractivity contribution < 1.29 is 18.8 Å². The highest BCUT2D eigenvalue weighted by Crippen LogP contribution is 2.26. The number of hydrogen-bond donors (Lipinski definition) is 3. The molecule has 2 aromatic heterocycles. The normalized spacial score (nSPS) is 17.7. The molecule has 1 fully saturated rings. The molecule has 3 aromatic rings. The monoisotopic (exact) mass is 520 g/mol. The lowest BCUT2D eigenvalue weighted by atomic mass is 10.0. The molecule has 3 amide bonds. The van der Waals surface area contributed by atoms with Crippen LogP contribution in [0.15, 0.2) is 70.5 Å². The van der Waals surface area contributed by atoms with Gasteiger partial charge in [-0.25, -0.2) is 4.39 Å². The smallest absolute Gasteiger partial charge is 0.269 e. The highest BCUT2D eigenvalue weighted by Gasteiger charge is 2.40.